The van der Waals surface area contributed by atoms with E-state index in [9.17, 15) is 9.00 Å². The molecule has 2 atom stereocenters. The number of carbonyl (C=O) groups excluding carboxylic acids is 1. The first kappa shape index (κ1) is 14.7. The molecule has 100 valence electrons. The fraction of sp³-hybridized carbons (Fsp3) is 0.417. The molecule has 2 N–H and O–H groups in total. The van der Waals surface area contributed by atoms with E-state index in [0.29, 0.717) is 0 Å². The van der Waals surface area contributed by atoms with Crippen LogP contribution in [-0.2, 0) is 22.1 Å². The molecule has 0 fully saturated rings. The topological polar surface area (TPSA) is 75.6 Å². The van der Waals surface area contributed by atoms with Gasteiger partial charge in [-0.15, -0.1) is 0 Å². The molecule has 0 aliphatic rings. The molecule has 0 aromatic heterocycles. The van der Waals surface area contributed by atoms with Crippen molar-refractivity contribution in [3.63, 3.8) is 0 Å². The monoisotopic (exact) mass is 271 g/mol. The van der Waals surface area contributed by atoms with Crippen molar-refractivity contribution in [1.29, 1.82) is 0 Å². The van der Waals surface area contributed by atoms with Crippen LogP contribution in [-0.4, -0.2) is 40.1 Å². The first-order chi connectivity index (χ1) is 8.61. The number of hydrogen-bond donors (Lipinski definition) is 2. The minimum atomic E-state index is -1.08. The summed E-state index contributed by atoms with van der Waals surface area (Å²) in [7, 11) is -1.08. The number of nitrogens with one attached hydrogen (secondary N) is 1. The Balaban J connectivity index is 2.34. The molecule has 0 heterocycles. The van der Waals surface area contributed by atoms with E-state index in [1.807, 2.05) is 30.3 Å². The molecule has 5 nitrogen and oxygen atoms in total. The lowest BCUT2D eigenvalue weighted by Gasteiger charge is -2.14. The van der Waals surface area contributed by atoms with E-state index >= 15 is 0 Å². The van der Waals surface area contributed by atoms with Crippen LogP contribution < -0.4 is 5.32 Å². The Kier molecular flexibility index (Phi) is 6.38. The van der Waals surface area contributed by atoms with Crippen molar-refractivity contribution < 1.29 is 18.8 Å². The Morgan fingerprint density at radius 1 is 1.44 bits per heavy atom. The summed E-state index contributed by atoms with van der Waals surface area (Å²) < 4.78 is 16.0. The molecule has 0 saturated carbocycles. The van der Waals surface area contributed by atoms with Gasteiger partial charge in [0.1, 0.15) is 6.61 Å². The highest BCUT2D eigenvalue weighted by atomic mass is 32.2. The third kappa shape index (κ3) is 5.79. The summed E-state index contributed by atoms with van der Waals surface area (Å²) in [5.41, 5.74) is 0.882. The van der Waals surface area contributed by atoms with Gasteiger partial charge in [0.05, 0.1) is 12.6 Å². The SMILES string of the molecule is CS(=O)CC(CO)NC(=O)OCc1ccccc1. The Morgan fingerprint density at radius 2 is 2.11 bits per heavy atom. The second kappa shape index (κ2) is 7.84. The van der Waals surface area contributed by atoms with Gasteiger partial charge in [-0.1, -0.05) is 30.3 Å². The number of rotatable bonds is 6. The molecule has 2 unspecified atom stereocenters. The van der Waals surface area contributed by atoms with Crippen molar-refractivity contribution in [2.24, 2.45) is 0 Å². The van der Waals surface area contributed by atoms with E-state index in [-0.39, 0.29) is 19.0 Å². The summed E-state index contributed by atoms with van der Waals surface area (Å²) in [6, 6.07) is 8.73. The first-order valence-corrected chi connectivity index (χ1v) is 7.22. The second-order valence-electron chi connectivity index (χ2n) is 3.83. The molecular weight excluding hydrogens is 254 g/mol. The summed E-state index contributed by atoms with van der Waals surface area (Å²) in [6.45, 7) is -0.0972. The maximum atomic E-state index is 11.4. The van der Waals surface area contributed by atoms with Crippen LogP contribution in [0.25, 0.3) is 0 Å². The molecule has 0 bridgehead atoms. The summed E-state index contributed by atoms with van der Waals surface area (Å²) in [5.74, 6) is 0.205. The van der Waals surface area contributed by atoms with E-state index in [0.717, 1.165) is 5.56 Å². The van der Waals surface area contributed by atoms with Crippen molar-refractivity contribution in [3.8, 4) is 0 Å². The van der Waals surface area contributed by atoms with Crippen LogP contribution in [0.5, 0.6) is 0 Å². The smallest absolute Gasteiger partial charge is 0.407 e. The maximum absolute atomic E-state index is 11.4. The fourth-order valence-corrected chi connectivity index (χ4v) is 2.11. The van der Waals surface area contributed by atoms with Crippen molar-refractivity contribution in [1.82, 2.24) is 5.32 Å². The van der Waals surface area contributed by atoms with Gasteiger partial charge < -0.3 is 15.2 Å². The number of aliphatic hydroxyl groups is 1. The van der Waals surface area contributed by atoms with Crippen molar-refractivity contribution in [3.05, 3.63) is 35.9 Å². The molecule has 1 rings (SSSR count). The van der Waals surface area contributed by atoms with E-state index < -0.39 is 22.9 Å². The number of ether oxygens (including phenoxy) is 1. The predicted molar refractivity (Wildman–Crippen MR) is 69.6 cm³/mol. The summed E-state index contributed by atoms with van der Waals surface area (Å²) in [5, 5.41) is 11.5. The third-order valence-corrected chi connectivity index (χ3v) is 3.06. The summed E-state index contributed by atoms with van der Waals surface area (Å²) in [6.07, 6.45) is 0.892. The summed E-state index contributed by atoms with van der Waals surface area (Å²) in [4.78, 5) is 11.4. The largest absolute Gasteiger partial charge is 0.445 e. The number of carbonyl (C=O) groups is 1. The van der Waals surface area contributed by atoms with E-state index in [1.165, 1.54) is 6.26 Å². The average molecular weight is 271 g/mol. The van der Waals surface area contributed by atoms with E-state index in [1.54, 1.807) is 0 Å². The zero-order valence-corrected chi connectivity index (χ0v) is 11.0. The van der Waals surface area contributed by atoms with E-state index in [2.05, 4.69) is 5.32 Å². The second-order valence-corrected chi connectivity index (χ2v) is 5.31. The molecule has 18 heavy (non-hydrogen) atoms. The molecule has 0 radical (unpaired) electrons. The van der Waals surface area contributed by atoms with Gasteiger partial charge in [0.2, 0.25) is 0 Å². The van der Waals surface area contributed by atoms with Crippen LogP contribution in [0.4, 0.5) is 4.79 Å². The molecule has 0 saturated heterocycles. The number of aliphatic hydroxyl groups excluding tert-OH is 1. The highest BCUT2D eigenvalue weighted by Gasteiger charge is 2.13. The lowest BCUT2D eigenvalue weighted by molar-refractivity contribution is 0.131. The van der Waals surface area contributed by atoms with Gasteiger partial charge in [0, 0.05) is 22.8 Å². The summed E-state index contributed by atoms with van der Waals surface area (Å²) >= 11 is 0. The zero-order chi connectivity index (χ0) is 13.4. The highest BCUT2D eigenvalue weighted by Crippen LogP contribution is 2.00. The van der Waals surface area contributed by atoms with Gasteiger partial charge in [-0.05, 0) is 5.56 Å². The van der Waals surface area contributed by atoms with Crippen molar-refractivity contribution >= 4 is 16.9 Å². The Morgan fingerprint density at radius 3 is 2.67 bits per heavy atom. The molecule has 0 spiro atoms. The van der Waals surface area contributed by atoms with Crippen LogP contribution in [0.15, 0.2) is 30.3 Å². The Hall–Kier alpha value is -1.40. The Labute approximate surface area is 109 Å². The number of amides is 1. The minimum absolute atomic E-state index is 0.167. The number of hydrogen-bond acceptors (Lipinski definition) is 4. The molecular formula is C12H17NO4S. The predicted octanol–water partition coefficient (Wildman–Crippen LogP) is 0.652. The fourth-order valence-electron chi connectivity index (χ4n) is 1.35. The van der Waals surface area contributed by atoms with Crippen LogP contribution >= 0.6 is 0 Å². The maximum Gasteiger partial charge on any atom is 0.407 e. The first-order valence-electron chi connectivity index (χ1n) is 5.50. The highest BCUT2D eigenvalue weighted by molar-refractivity contribution is 7.84. The van der Waals surface area contributed by atoms with Crippen molar-refractivity contribution in [2.75, 3.05) is 18.6 Å². The molecule has 1 aromatic rings. The molecule has 1 aromatic carbocycles. The molecule has 0 aliphatic heterocycles. The lowest BCUT2D eigenvalue weighted by Crippen LogP contribution is -2.41. The number of alkyl carbamates (subject to hydrolysis) is 1. The standard InChI is InChI=1S/C12H17NO4S/c1-18(16)9-11(7-14)13-12(15)17-8-10-5-3-2-4-6-10/h2-6,11,14H,7-9H2,1H3,(H,13,15). The van der Waals surface area contributed by atoms with Crippen LogP contribution in [0.1, 0.15) is 5.56 Å². The average Bonchev–Trinajstić information content (AvgIpc) is 2.36. The van der Waals surface area contributed by atoms with Gasteiger partial charge in [-0.25, -0.2) is 4.79 Å². The van der Waals surface area contributed by atoms with Gasteiger partial charge >= 0.3 is 6.09 Å². The molecule has 6 heteroatoms. The van der Waals surface area contributed by atoms with Crippen molar-refractivity contribution in [2.45, 2.75) is 12.6 Å². The van der Waals surface area contributed by atoms with E-state index in [4.69, 9.17) is 9.84 Å². The molecule has 1 amide bonds. The van der Waals surface area contributed by atoms with Gasteiger partial charge in [0.25, 0.3) is 0 Å². The van der Waals surface area contributed by atoms with Crippen LogP contribution in [0.3, 0.4) is 0 Å². The third-order valence-electron chi connectivity index (χ3n) is 2.19. The van der Waals surface area contributed by atoms with Gasteiger partial charge in [0.15, 0.2) is 0 Å². The minimum Gasteiger partial charge on any atom is -0.445 e. The molecule has 0 aliphatic carbocycles. The van der Waals surface area contributed by atoms with Gasteiger partial charge in [-0.3, -0.25) is 4.21 Å². The zero-order valence-electron chi connectivity index (χ0n) is 10.2. The normalized spacial score (nSPS) is 13.7. The quantitative estimate of drug-likeness (QED) is 0.796. The number of benzene rings is 1. The van der Waals surface area contributed by atoms with Gasteiger partial charge in [-0.2, -0.15) is 0 Å². The Bertz CT molecular complexity index is 396. The van der Waals surface area contributed by atoms with Crippen LogP contribution in [0.2, 0.25) is 0 Å². The van der Waals surface area contributed by atoms with Crippen LogP contribution in [0, 0.1) is 0 Å². The lowest BCUT2D eigenvalue weighted by atomic mass is 10.2.